The van der Waals surface area contributed by atoms with Crippen LogP contribution >= 0.6 is 0 Å². The molecule has 0 aromatic heterocycles. The molecule has 1 aromatic carbocycles. The van der Waals surface area contributed by atoms with Crippen LogP contribution in [0.5, 0.6) is 0 Å². The van der Waals surface area contributed by atoms with Gasteiger partial charge in [-0.05, 0) is 31.8 Å². The van der Waals surface area contributed by atoms with Gasteiger partial charge in [-0.15, -0.1) is 0 Å². The highest BCUT2D eigenvalue weighted by Crippen LogP contribution is 2.03. The Balaban J connectivity index is 2.37. The number of nitrogens with one attached hydrogen (secondary N) is 1. The van der Waals surface area contributed by atoms with Crippen molar-refractivity contribution in [3.05, 3.63) is 35.4 Å². The first-order chi connectivity index (χ1) is 8.11. The average Bonchev–Trinajstić information content (AvgIpc) is 2.29. The molecule has 0 aliphatic rings. The summed E-state index contributed by atoms with van der Waals surface area (Å²) >= 11 is 0. The predicted molar refractivity (Wildman–Crippen MR) is 66.4 cm³/mol. The van der Waals surface area contributed by atoms with Gasteiger partial charge < -0.3 is 10.2 Å². The number of carbonyl (C=O) groups excluding carboxylic acids is 1. The monoisotopic (exact) mass is 231 g/mol. The molecule has 0 radical (unpaired) electrons. The van der Waals surface area contributed by atoms with Gasteiger partial charge in [-0.1, -0.05) is 12.1 Å². The van der Waals surface area contributed by atoms with Crippen LogP contribution in [0.3, 0.4) is 0 Å². The molecule has 1 rings (SSSR count). The van der Waals surface area contributed by atoms with Crippen molar-refractivity contribution in [1.82, 2.24) is 10.2 Å². The lowest BCUT2D eigenvalue weighted by molar-refractivity contribution is -0.120. The quantitative estimate of drug-likeness (QED) is 0.814. The lowest BCUT2D eigenvalue weighted by Crippen LogP contribution is -2.32. The molecule has 1 aromatic rings. The second-order valence-electron chi connectivity index (χ2n) is 4.14. The molecular weight excluding hydrogens is 214 g/mol. The first kappa shape index (κ1) is 13.2. The van der Waals surface area contributed by atoms with E-state index in [1.165, 1.54) is 0 Å². The number of hydrogen-bond acceptors (Lipinski definition) is 3. The zero-order valence-corrected chi connectivity index (χ0v) is 10.2. The van der Waals surface area contributed by atoms with E-state index in [2.05, 4.69) is 5.32 Å². The molecule has 0 heterocycles. The molecule has 0 spiro atoms. The Labute approximate surface area is 102 Å². The summed E-state index contributed by atoms with van der Waals surface area (Å²) in [5, 5.41) is 11.5. The number of hydrogen-bond donors (Lipinski definition) is 1. The van der Waals surface area contributed by atoms with Crippen molar-refractivity contribution in [1.29, 1.82) is 5.26 Å². The van der Waals surface area contributed by atoms with Gasteiger partial charge in [0, 0.05) is 13.1 Å². The third kappa shape index (κ3) is 5.14. The number of nitriles is 1. The third-order valence-corrected chi connectivity index (χ3v) is 2.33. The summed E-state index contributed by atoms with van der Waals surface area (Å²) in [4.78, 5) is 13.6. The predicted octanol–water partition coefficient (Wildman–Crippen LogP) is 0.779. The van der Waals surface area contributed by atoms with Crippen molar-refractivity contribution in [3.8, 4) is 6.07 Å². The molecule has 0 saturated carbocycles. The number of likely N-dealkylation sites (N-methyl/N-ethyl adjacent to an activating group) is 1. The van der Waals surface area contributed by atoms with Crippen molar-refractivity contribution in [2.24, 2.45) is 0 Å². The van der Waals surface area contributed by atoms with Crippen LogP contribution in [0.15, 0.2) is 24.3 Å². The van der Waals surface area contributed by atoms with Gasteiger partial charge in [0.1, 0.15) is 0 Å². The maximum Gasteiger partial charge on any atom is 0.224 e. The largest absolute Gasteiger partial charge is 0.355 e. The van der Waals surface area contributed by atoms with Crippen molar-refractivity contribution in [3.63, 3.8) is 0 Å². The maximum atomic E-state index is 11.6. The molecule has 1 amide bonds. The smallest absolute Gasteiger partial charge is 0.224 e. The van der Waals surface area contributed by atoms with E-state index in [9.17, 15) is 4.79 Å². The van der Waals surface area contributed by atoms with Gasteiger partial charge in [0.05, 0.1) is 18.1 Å². The highest BCUT2D eigenvalue weighted by atomic mass is 16.1. The van der Waals surface area contributed by atoms with Gasteiger partial charge in [0.2, 0.25) is 5.91 Å². The fourth-order valence-electron chi connectivity index (χ4n) is 1.36. The van der Waals surface area contributed by atoms with Crippen LogP contribution in [0, 0.1) is 11.3 Å². The van der Waals surface area contributed by atoms with Crippen molar-refractivity contribution in [2.45, 2.75) is 6.42 Å². The summed E-state index contributed by atoms with van der Waals surface area (Å²) < 4.78 is 0. The van der Waals surface area contributed by atoms with E-state index in [-0.39, 0.29) is 5.91 Å². The van der Waals surface area contributed by atoms with Gasteiger partial charge in [0.15, 0.2) is 0 Å². The van der Waals surface area contributed by atoms with E-state index in [0.717, 1.165) is 12.1 Å². The summed E-state index contributed by atoms with van der Waals surface area (Å²) in [5.41, 5.74) is 1.54. The van der Waals surface area contributed by atoms with Crippen molar-refractivity contribution in [2.75, 3.05) is 27.2 Å². The molecule has 0 aliphatic carbocycles. The number of benzene rings is 1. The zero-order chi connectivity index (χ0) is 12.7. The SMILES string of the molecule is CN(C)CCNC(=O)Cc1ccc(C#N)cc1. The fourth-order valence-corrected chi connectivity index (χ4v) is 1.36. The number of rotatable bonds is 5. The third-order valence-electron chi connectivity index (χ3n) is 2.33. The van der Waals surface area contributed by atoms with Gasteiger partial charge in [-0.2, -0.15) is 5.26 Å². The first-order valence-corrected chi connectivity index (χ1v) is 5.52. The van der Waals surface area contributed by atoms with Gasteiger partial charge >= 0.3 is 0 Å². The minimum Gasteiger partial charge on any atom is -0.355 e. The van der Waals surface area contributed by atoms with E-state index >= 15 is 0 Å². The molecule has 0 aliphatic heterocycles. The summed E-state index contributed by atoms with van der Waals surface area (Å²) in [6.45, 7) is 1.49. The Bertz CT molecular complexity index is 404. The summed E-state index contributed by atoms with van der Waals surface area (Å²) in [6.07, 6.45) is 0.360. The number of nitrogens with zero attached hydrogens (tertiary/aromatic N) is 2. The van der Waals surface area contributed by atoms with E-state index in [1.54, 1.807) is 12.1 Å². The Hall–Kier alpha value is -1.86. The second-order valence-corrected chi connectivity index (χ2v) is 4.14. The summed E-state index contributed by atoms with van der Waals surface area (Å²) in [5.74, 6) is 0.0107. The van der Waals surface area contributed by atoms with Crippen molar-refractivity contribution >= 4 is 5.91 Å². The summed E-state index contributed by atoms with van der Waals surface area (Å²) in [6, 6.07) is 9.12. The van der Waals surface area contributed by atoms with Crippen LogP contribution in [-0.2, 0) is 11.2 Å². The number of amides is 1. The lowest BCUT2D eigenvalue weighted by Gasteiger charge is -2.10. The standard InChI is InChI=1S/C13H17N3O/c1-16(2)8-7-15-13(17)9-11-3-5-12(10-14)6-4-11/h3-6H,7-9H2,1-2H3,(H,15,17). The van der Waals surface area contributed by atoms with E-state index in [1.807, 2.05) is 37.2 Å². The highest BCUT2D eigenvalue weighted by molar-refractivity contribution is 5.78. The molecule has 0 saturated heterocycles. The average molecular weight is 231 g/mol. The fraction of sp³-hybridized carbons (Fsp3) is 0.385. The molecule has 0 fully saturated rings. The van der Waals surface area contributed by atoms with Crippen LogP contribution in [0.2, 0.25) is 0 Å². The molecule has 0 unspecified atom stereocenters. The Morgan fingerprint density at radius 3 is 2.53 bits per heavy atom. The highest BCUT2D eigenvalue weighted by Gasteiger charge is 2.02. The first-order valence-electron chi connectivity index (χ1n) is 5.52. The Kier molecular flexibility index (Phi) is 5.18. The minimum absolute atomic E-state index is 0.0107. The van der Waals surface area contributed by atoms with E-state index in [4.69, 9.17) is 5.26 Å². The van der Waals surface area contributed by atoms with Crippen LogP contribution < -0.4 is 5.32 Å². The lowest BCUT2D eigenvalue weighted by atomic mass is 10.1. The minimum atomic E-state index is 0.0107. The molecule has 90 valence electrons. The second kappa shape index (κ2) is 6.66. The molecule has 0 bridgehead atoms. The van der Waals surface area contributed by atoms with E-state index in [0.29, 0.717) is 18.5 Å². The number of carbonyl (C=O) groups is 1. The Morgan fingerprint density at radius 1 is 1.35 bits per heavy atom. The molecular formula is C13H17N3O. The van der Waals surface area contributed by atoms with Crippen LogP contribution in [0.4, 0.5) is 0 Å². The topological polar surface area (TPSA) is 56.1 Å². The van der Waals surface area contributed by atoms with Crippen LogP contribution in [-0.4, -0.2) is 38.0 Å². The zero-order valence-electron chi connectivity index (χ0n) is 10.2. The molecule has 1 N–H and O–H groups in total. The Morgan fingerprint density at radius 2 is 2.00 bits per heavy atom. The van der Waals surface area contributed by atoms with Gasteiger partial charge in [-0.25, -0.2) is 0 Å². The maximum absolute atomic E-state index is 11.6. The van der Waals surface area contributed by atoms with Crippen LogP contribution in [0.1, 0.15) is 11.1 Å². The van der Waals surface area contributed by atoms with Gasteiger partial charge in [0.25, 0.3) is 0 Å². The molecule has 17 heavy (non-hydrogen) atoms. The molecule has 0 atom stereocenters. The van der Waals surface area contributed by atoms with Crippen LogP contribution in [0.25, 0.3) is 0 Å². The summed E-state index contributed by atoms with van der Waals surface area (Å²) in [7, 11) is 3.93. The normalized spacial score (nSPS) is 10.0. The molecule has 4 nitrogen and oxygen atoms in total. The van der Waals surface area contributed by atoms with Gasteiger partial charge in [-0.3, -0.25) is 4.79 Å². The van der Waals surface area contributed by atoms with E-state index < -0.39 is 0 Å². The molecule has 4 heteroatoms. The van der Waals surface area contributed by atoms with Crippen molar-refractivity contribution < 1.29 is 4.79 Å².